The number of halogens is 1. The summed E-state index contributed by atoms with van der Waals surface area (Å²) in [5, 5.41) is 5.73. The number of carbonyl (C=O) groups is 3. The van der Waals surface area contributed by atoms with Crippen molar-refractivity contribution in [3.63, 3.8) is 0 Å². The number of nitrogens with one attached hydrogen (secondary N) is 2. The van der Waals surface area contributed by atoms with E-state index < -0.39 is 23.9 Å². The summed E-state index contributed by atoms with van der Waals surface area (Å²) in [7, 11) is 0. The normalized spacial score (nSPS) is 22.4. The van der Waals surface area contributed by atoms with Crippen molar-refractivity contribution in [1.82, 2.24) is 15.1 Å². The molecule has 1 saturated carbocycles. The van der Waals surface area contributed by atoms with E-state index in [1.807, 2.05) is 13.0 Å². The largest absolute Gasteiger partial charge is 0.350 e. The van der Waals surface area contributed by atoms with Gasteiger partial charge in [0.25, 0.3) is 11.8 Å². The topological polar surface area (TPSA) is 108 Å². The van der Waals surface area contributed by atoms with Gasteiger partial charge in [0.05, 0.1) is 0 Å². The summed E-state index contributed by atoms with van der Waals surface area (Å²) in [6, 6.07) is 12.1. The van der Waals surface area contributed by atoms with Gasteiger partial charge in [0.2, 0.25) is 0 Å². The van der Waals surface area contributed by atoms with E-state index in [1.165, 1.54) is 34.1 Å². The fourth-order valence-corrected chi connectivity index (χ4v) is 4.55. The molecule has 1 atom stereocenters. The molecule has 2 aromatic rings. The molecule has 4 N–H and O–H groups in total. The van der Waals surface area contributed by atoms with Gasteiger partial charge < -0.3 is 21.3 Å². The minimum atomic E-state index is -1.09. The van der Waals surface area contributed by atoms with Crippen LogP contribution in [0.4, 0.5) is 14.9 Å². The molecule has 4 amide bonds. The summed E-state index contributed by atoms with van der Waals surface area (Å²) in [5.74, 6) is -1.13. The molecule has 34 heavy (non-hydrogen) atoms. The number of urea groups is 1. The number of rotatable bonds is 4. The molecule has 2 fully saturated rings. The lowest BCUT2D eigenvalue weighted by molar-refractivity contribution is -0.128. The van der Waals surface area contributed by atoms with Crippen LogP contribution in [0.1, 0.15) is 41.6 Å². The second-order valence-electron chi connectivity index (χ2n) is 8.99. The van der Waals surface area contributed by atoms with Crippen LogP contribution >= 0.6 is 0 Å². The molecule has 1 aliphatic heterocycles. The van der Waals surface area contributed by atoms with Gasteiger partial charge in [-0.15, -0.1) is 0 Å². The van der Waals surface area contributed by atoms with Crippen molar-refractivity contribution in [1.29, 1.82) is 0 Å². The number of hydrogen-bond acceptors (Lipinski definition) is 4. The number of anilines is 1. The molecule has 2 aliphatic rings. The first-order valence-electron chi connectivity index (χ1n) is 11.6. The van der Waals surface area contributed by atoms with Gasteiger partial charge in [-0.05, 0) is 69.0 Å². The number of aryl methyl sites for hydroxylation is 1. The van der Waals surface area contributed by atoms with Crippen molar-refractivity contribution in [2.24, 2.45) is 5.73 Å². The average molecular weight is 468 g/mol. The predicted octanol–water partition coefficient (Wildman–Crippen LogP) is 2.84. The highest BCUT2D eigenvalue weighted by molar-refractivity contribution is 6.00. The molecule has 1 heterocycles. The third kappa shape index (κ3) is 5.36. The summed E-state index contributed by atoms with van der Waals surface area (Å²) < 4.78 is 13.2. The molecule has 8 nitrogen and oxygen atoms in total. The maximum absolute atomic E-state index is 13.4. The van der Waals surface area contributed by atoms with Crippen LogP contribution in [0.15, 0.2) is 48.5 Å². The van der Waals surface area contributed by atoms with Gasteiger partial charge in [0.15, 0.2) is 6.17 Å². The van der Waals surface area contributed by atoms with Crippen LogP contribution in [0.2, 0.25) is 0 Å². The molecule has 1 aliphatic carbocycles. The zero-order valence-electron chi connectivity index (χ0n) is 19.2. The first kappa shape index (κ1) is 23.7. The van der Waals surface area contributed by atoms with Crippen LogP contribution in [-0.4, -0.2) is 59.0 Å². The highest BCUT2D eigenvalue weighted by Crippen LogP contribution is 2.23. The Labute approximate surface area is 198 Å². The molecule has 180 valence electrons. The number of amides is 4. The molecule has 1 saturated heterocycles. The van der Waals surface area contributed by atoms with E-state index in [0.717, 1.165) is 31.2 Å². The van der Waals surface area contributed by atoms with E-state index in [9.17, 15) is 18.8 Å². The first-order valence-corrected chi connectivity index (χ1v) is 11.6. The molecular formula is C25H30FN5O3. The number of benzene rings is 2. The van der Waals surface area contributed by atoms with Gasteiger partial charge in [-0.25, -0.2) is 9.18 Å². The summed E-state index contributed by atoms with van der Waals surface area (Å²) >= 11 is 0. The fourth-order valence-electron chi connectivity index (χ4n) is 4.55. The Morgan fingerprint density at radius 3 is 2.32 bits per heavy atom. The van der Waals surface area contributed by atoms with Crippen molar-refractivity contribution in [2.45, 2.75) is 50.9 Å². The van der Waals surface area contributed by atoms with Crippen molar-refractivity contribution in [3.8, 4) is 0 Å². The van der Waals surface area contributed by atoms with E-state index in [-0.39, 0.29) is 31.1 Å². The quantitative estimate of drug-likeness (QED) is 0.643. The van der Waals surface area contributed by atoms with Crippen LogP contribution in [0.25, 0.3) is 0 Å². The predicted molar refractivity (Wildman–Crippen MR) is 127 cm³/mol. The van der Waals surface area contributed by atoms with Crippen LogP contribution < -0.4 is 16.4 Å². The van der Waals surface area contributed by atoms with Gasteiger partial charge in [-0.3, -0.25) is 14.5 Å². The van der Waals surface area contributed by atoms with Crippen molar-refractivity contribution in [3.05, 3.63) is 65.5 Å². The fraction of sp³-hybridized carbons (Fsp3) is 0.400. The molecule has 0 bridgehead atoms. The summed E-state index contributed by atoms with van der Waals surface area (Å²) in [4.78, 5) is 42.6. The second kappa shape index (κ2) is 10.2. The lowest BCUT2D eigenvalue weighted by atomic mass is 9.92. The van der Waals surface area contributed by atoms with Gasteiger partial charge in [0.1, 0.15) is 5.82 Å². The Balaban J connectivity index is 1.55. The third-order valence-corrected chi connectivity index (χ3v) is 6.41. The van der Waals surface area contributed by atoms with E-state index in [0.29, 0.717) is 11.3 Å². The summed E-state index contributed by atoms with van der Waals surface area (Å²) in [6.07, 6.45) is 2.05. The highest BCUT2D eigenvalue weighted by Gasteiger charge is 2.43. The smallest absolute Gasteiger partial charge is 0.323 e. The minimum absolute atomic E-state index is 0.0502. The van der Waals surface area contributed by atoms with Crippen molar-refractivity contribution in [2.75, 3.05) is 18.4 Å². The van der Waals surface area contributed by atoms with Crippen molar-refractivity contribution >= 4 is 23.5 Å². The SMILES string of the molecule is Cc1cccc(C(=O)N2CCN(C(=O)Nc3ccc(F)cc3)C2C(=O)NC2CCC(N)CC2)c1. The number of nitrogens with two attached hydrogens (primary N) is 1. The van der Waals surface area contributed by atoms with Crippen LogP contribution in [0.5, 0.6) is 0 Å². The van der Waals surface area contributed by atoms with E-state index >= 15 is 0 Å². The molecular weight excluding hydrogens is 437 g/mol. The Morgan fingerprint density at radius 1 is 0.971 bits per heavy atom. The van der Waals surface area contributed by atoms with Crippen LogP contribution in [0, 0.1) is 12.7 Å². The maximum Gasteiger partial charge on any atom is 0.323 e. The number of hydrogen-bond donors (Lipinski definition) is 3. The standard InChI is InChI=1S/C25H30FN5O3/c1-16-3-2-4-17(15-16)24(33)30-13-14-31(25(34)29-21-9-5-18(26)6-10-21)23(30)22(32)28-20-11-7-19(27)8-12-20/h2-6,9-10,15,19-20,23H,7-8,11-14,27H2,1H3,(H,28,32)(H,29,34). The molecule has 9 heteroatoms. The van der Waals surface area contributed by atoms with E-state index in [2.05, 4.69) is 10.6 Å². The van der Waals surface area contributed by atoms with Gasteiger partial charge in [-0.1, -0.05) is 17.7 Å². The highest BCUT2D eigenvalue weighted by atomic mass is 19.1. The Morgan fingerprint density at radius 2 is 1.65 bits per heavy atom. The Hall–Kier alpha value is -3.46. The van der Waals surface area contributed by atoms with Crippen molar-refractivity contribution < 1.29 is 18.8 Å². The van der Waals surface area contributed by atoms with Gasteiger partial charge >= 0.3 is 6.03 Å². The summed E-state index contributed by atoms with van der Waals surface area (Å²) in [5.41, 5.74) is 7.77. The van der Waals surface area contributed by atoms with Gasteiger partial charge in [-0.2, -0.15) is 0 Å². The number of carbonyl (C=O) groups excluding carboxylic acids is 3. The van der Waals surface area contributed by atoms with Gasteiger partial charge in [0, 0.05) is 36.4 Å². The molecule has 0 aromatic heterocycles. The Kier molecular flexibility index (Phi) is 7.12. The molecule has 0 radical (unpaired) electrons. The number of nitrogens with zero attached hydrogens (tertiary/aromatic N) is 2. The second-order valence-corrected chi connectivity index (χ2v) is 8.99. The molecule has 2 aromatic carbocycles. The van der Waals surface area contributed by atoms with E-state index in [4.69, 9.17) is 5.73 Å². The zero-order chi connectivity index (χ0) is 24.2. The first-order chi connectivity index (χ1) is 16.3. The maximum atomic E-state index is 13.4. The van der Waals surface area contributed by atoms with Crippen LogP contribution in [0.3, 0.4) is 0 Å². The summed E-state index contributed by atoms with van der Waals surface area (Å²) in [6.45, 7) is 2.30. The zero-order valence-corrected chi connectivity index (χ0v) is 19.2. The van der Waals surface area contributed by atoms with Crippen LogP contribution in [-0.2, 0) is 4.79 Å². The van der Waals surface area contributed by atoms with E-state index in [1.54, 1.807) is 18.2 Å². The molecule has 0 spiro atoms. The molecule has 4 rings (SSSR count). The molecule has 1 unspecified atom stereocenters. The Bertz CT molecular complexity index is 1050. The lowest BCUT2D eigenvalue weighted by Crippen LogP contribution is -2.56. The lowest BCUT2D eigenvalue weighted by Gasteiger charge is -2.32. The third-order valence-electron chi connectivity index (χ3n) is 6.41. The minimum Gasteiger partial charge on any atom is -0.350 e. The monoisotopic (exact) mass is 467 g/mol. The average Bonchev–Trinajstić information content (AvgIpc) is 3.27.